The fourth-order valence-electron chi connectivity index (χ4n) is 2.95. The van der Waals surface area contributed by atoms with Gasteiger partial charge in [0.05, 0.1) is 16.0 Å². The fourth-order valence-corrected chi connectivity index (χ4v) is 5.16. The van der Waals surface area contributed by atoms with Gasteiger partial charge >= 0.3 is 5.97 Å². The van der Waals surface area contributed by atoms with Gasteiger partial charge in [0.2, 0.25) is 0 Å². The molecule has 0 bridgehead atoms. The molecular formula is C18H17N3O3S2. The van der Waals surface area contributed by atoms with Crippen LogP contribution in [0.3, 0.4) is 0 Å². The summed E-state index contributed by atoms with van der Waals surface area (Å²) in [4.78, 5) is 30.9. The Morgan fingerprint density at radius 2 is 1.81 bits per heavy atom. The van der Waals surface area contributed by atoms with Crippen LogP contribution >= 0.6 is 22.7 Å². The minimum atomic E-state index is -0.989. The van der Waals surface area contributed by atoms with Gasteiger partial charge in [0.25, 0.3) is 5.91 Å². The van der Waals surface area contributed by atoms with Gasteiger partial charge in [-0.1, -0.05) is 11.3 Å². The zero-order chi connectivity index (χ0) is 18.1. The van der Waals surface area contributed by atoms with Crippen LogP contribution in [0, 0.1) is 0 Å². The van der Waals surface area contributed by atoms with E-state index in [1.165, 1.54) is 42.7 Å². The third-order valence-electron chi connectivity index (χ3n) is 4.32. The molecule has 1 aliphatic heterocycles. The Balaban J connectivity index is 1.48. The van der Waals surface area contributed by atoms with E-state index < -0.39 is 5.97 Å². The lowest BCUT2D eigenvalue weighted by Gasteiger charge is -2.25. The van der Waals surface area contributed by atoms with E-state index in [1.54, 1.807) is 23.5 Å². The van der Waals surface area contributed by atoms with Crippen molar-refractivity contribution in [2.24, 2.45) is 0 Å². The average Bonchev–Trinajstić information content (AvgIpc) is 3.22. The van der Waals surface area contributed by atoms with Gasteiger partial charge in [-0.2, -0.15) is 0 Å². The van der Waals surface area contributed by atoms with Crippen molar-refractivity contribution in [1.29, 1.82) is 0 Å². The number of nitrogens with zero attached hydrogens (tertiary/aromatic N) is 2. The number of carboxylic acid groups (broad SMARTS) is 1. The highest BCUT2D eigenvalue weighted by atomic mass is 32.2. The van der Waals surface area contributed by atoms with E-state index in [0.717, 1.165) is 27.8 Å². The molecule has 0 unspecified atom stereocenters. The topological polar surface area (TPSA) is 82.5 Å². The summed E-state index contributed by atoms with van der Waals surface area (Å²) in [5.41, 5.74) is 1.62. The summed E-state index contributed by atoms with van der Waals surface area (Å²) in [7, 11) is 0. The van der Waals surface area contributed by atoms with Gasteiger partial charge in [-0.3, -0.25) is 4.79 Å². The fraction of sp³-hybridized carbons (Fsp3) is 0.278. The first-order valence-electron chi connectivity index (χ1n) is 8.40. The van der Waals surface area contributed by atoms with E-state index >= 15 is 0 Å². The maximum atomic E-state index is 12.4. The molecule has 3 heterocycles. The number of carboxylic acids is 1. The maximum Gasteiger partial charge on any atom is 0.335 e. The lowest BCUT2D eigenvalue weighted by Crippen LogP contribution is -2.29. The van der Waals surface area contributed by atoms with Gasteiger partial charge in [0.15, 0.2) is 5.13 Å². The molecule has 0 atom stereocenters. The largest absolute Gasteiger partial charge is 0.478 e. The third-order valence-corrected chi connectivity index (χ3v) is 6.66. The number of hydrogen-bond donors (Lipinski definition) is 2. The molecule has 0 saturated carbocycles. The number of carbonyl (C=O) groups is 2. The predicted molar refractivity (Wildman–Crippen MR) is 105 cm³/mol. The number of thiophene rings is 1. The van der Waals surface area contributed by atoms with Gasteiger partial charge in [0, 0.05) is 18.8 Å². The maximum absolute atomic E-state index is 12.4. The Labute approximate surface area is 158 Å². The third kappa shape index (κ3) is 3.42. The van der Waals surface area contributed by atoms with Crippen LogP contribution in [0.15, 0.2) is 30.3 Å². The normalized spacial score (nSPS) is 14.5. The Hall–Kier alpha value is -2.45. The molecule has 26 heavy (non-hydrogen) atoms. The molecule has 3 aromatic rings. The second-order valence-corrected chi connectivity index (χ2v) is 8.45. The van der Waals surface area contributed by atoms with Crippen molar-refractivity contribution in [3.8, 4) is 0 Å². The lowest BCUT2D eigenvalue weighted by atomic mass is 10.1. The van der Waals surface area contributed by atoms with Crippen molar-refractivity contribution < 1.29 is 14.7 Å². The minimum absolute atomic E-state index is 0.189. The first-order valence-corrected chi connectivity index (χ1v) is 10.0. The zero-order valence-corrected chi connectivity index (χ0v) is 15.5. The highest BCUT2D eigenvalue weighted by Gasteiger charge is 2.18. The number of rotatable bonds is 4. The molecule has 2 aromatic heterocycles. The van der Waals surface area contributed by atoms with Crippen LogP contribution in [0.2, 0.25) is 0 Å². The molecule has 0 radical (unpaired) electrons. The molecule has 0 spiro atoms. The average molecular weight is 387 g/mol. The molecule has 1 aromatic carbocycles. The Kier molecular flexibility index (Phi) is 4.60. The van der Waals surface area contributed by atoms with Crippen molar-refractivity contribution in [2.45, 2.75) is 19.3 Å². The Morgan fingerprint density at radius 1 is 1.08 bits per heavy atom. The molecule has 134 valence electrons. The van der Waals surface area contributed by atoms with Crippen LogP contribution in [-0.2, 0) is 0 Å². The Bertz CT molecular complexity index is 924. The summed E-state index contributed by atoms with van der Waals surface area (Å²) in [6.07, 6.45) is 3.71. The smallest absolute Gasteiger partial charge is 0.335 e. The van der Waals surface area contributed by atoms with Crippen molar-refractivity contribution >= 4 is 54.9 Å². The van der Waals surface area contributed by atoms with Crippen molar-refractivity contribution in [1.82, 2.24) is 4.98 Å². The van der Waals surface area contributed by atoms with Gasteiger partial charge in [-0.15, -0.1) is 11.3 Å². The van der Waals surface area contributed by atoms with Gasteiger partial charge < -0.3 is 15.3 Å². The second-order valence-electron chi connectivity index (χ2n) is 6.16. The summed E-state index contributed by atoms with van der Waals surface area (Å²) >= 11 is 3.08. The number of nitrogens with one attached hydrogen (secondary N) is 1. The number of carbonyl (C=O) groups excluding carboxylic acids is 1. The molecule has 1 saturated heterocycles. The lowest BCUT2D eigenvalue weighted by molar-refractivity contribution is 0.0696. The van der Waals surface area contributed by atoms with Crippen LogP contribution in [-0.4, -0.2) is 35.1 Å². The number of aromatic carboxylic acids is 1. The molecule has 6 nitrogen and oxygen atoms in total. The van der Waals surface area contributed by atoms with E-state index in [4.69, 9.17) is 5.11 Å². The molecule has 1 aliphatic rings. The predicted octanol–water partition coefficient (Wildman–Crippen LogP) is 4.30. The summed E-state index contributed by atoms with van der Waals surface area (Å²) in [5, 5.41) is 12.8. The first kappa shape index (κ1) is 17.0. The van der Waals surface area contributed by atoms with Crippen molar-refractivity contribution in [3.05, 3.63) is 40.8 Å². The van der Waals surface area contributed by atoms with Crippen LogP contribution in [0.5, 0.6) is 0 Å². The zero-order valence-electron chi connectivity index (χ0n) is 13.9. The molecule has 8 heteroatoms. The quantitative estimate of drug-likeness (QED) is 0.697. The number of amides is 1. The molecule has 1 fully saturated rings. The number of benzene rings is 1. The molecule has 1 amide bonds. The number of anilines is 2. The number of hydrogen-bond acceptors (Lipinski definition) is 6. The van der Waals surface area contributed by atoms with Crippen LogP contribution in [0.25, 0.3) is 9.53 Å². The molecule has 4 rings (SSSR count). The molecule has 0 aliphatic carbocycles. The summed E-state index contributed by atoms with van der Waals surface area (Å²) < 4.78 is 1.05. The number of piperidine rings is 1. The summed E-state index contributed by atoms with van der Waals surface area (Å²) in [5.74, 6) is -1.19. The Morgan fingerprint density at radius 3 is 2.46 bits per heavy atom. The van der Waals surface area contributed by atoms with Crippen molar-refractivity contribution in [2.75, 3.05) is 23.3 Å². The highest BCUT2D eigenvalue weighted by molar-refractivity contribution is 7.40. The first-order chi connectivity index (χ1) is 12.6. The standard InChI is InChI=1S/C18H17N3O3S2/c22-15(19-12-6-4-11(5-7-12)16(23)24)14-10-13-17(25-14)26-18(20-13)21-8-2-1-3-9-21/h4-7,10H,1-3,8-9H2,(H,19,22)(H,23,24). The van der Waals surface area contributed by atoms with E-state index in [-0.39, 0.29) is 11.5 Å². The van der Waals surface area contributed by atoms with Crippen LogP contribution in [0.4, 0.5) is 10.8 Å². The summed E-state index contributed by atoms with van der Waals surface area (Å²) in [6.45, 7) is 2.11. The highest BCUT2D eigenvalue weighted by Crippen LogP contribution is 2.36. The van der Waals surface area contributed by atoms with Gasteiger partial charge in [0.1, 0.15) is 4.01 Å². The molecule has 2 N–H and O–H groups in total. The van der Waals surface area contributed by atoms with E-state index in [0.29, 0.717) is 10.6 Å². The van der Waals surface area contributed by atoms with Crippen molar-refractivity contribution in [3.63, 3.8) is 0 Å². The van der Waals surface area contributed by atoms with Crippen LogP contribution < -0.4 is 10.2 Å². The number of fused-ring (bicyclic) bond motifs is 1. The number of thiazole rings is 1. The summed E-state index contributed by atoms with van der Waals surface area (Å²) in [6, 6.07) is 7.94. The SMILES string of the molecule is O=C(O)c1ccc(NC(=O)c2cc3nc(N4CCCCC4)sc3s2)cc1. The van der Waals surface area contributed by atoms with Gasteiger partial charge in [-0.25, -0.2) is 9.78 Å². The molecular weight excluding hydrogens is 370 g/mol. The minimum Gasteiger partial charge on any atom is -0.478 e. The second kappa shape index (κ2) is 7.05. The van der Waals surface area contributed by atoms with E-state index in [1.807, 2.05) is 6.07 Å². The van der Waals surface area contributed by atoms with Crippen LogP contribution in [0.1, 0.15) is 39.3 Å². The van der Waals surface area contributed by atoms with E-state index in [2.05, 4.69) is 15.2 Å². The van der Waals surface area contributed by atoms with Gasteiger partial charge in [-0.05, 0) is 49.6 Å². The van der Waals surface area contributed by atoms with E-state index in [9.17, 15) is 9.59 Å². The number of aromatic nitrogens is 1. The monoisotopic (exact) mass is 387 g/mol.